The molecule has 3 nitrogen and oxygen atoms in total. The molecule has 0 saturated heterocycles. The normalized spacial score (nSPS) is 22.9. The summed E-state index contributed by atoms with van der Waals surface area (Å²) in [4.78, 5) is 0. The third kappa shape index (κ3) is 2.88. The predicted octanol–water partition coefficient (Wildman–Crippen LogP) is 2.26. The molecule has 0 fully saturated rings. The Hall–Kier alpha value is -1.42. The highest BCUT2D eigenvalue weighted by Crippen LogP contribution is 2.26. The molecule has 3 heteroatoms. The fourth-order valence-electron chi connectivity index (χ4n) is 2.07. The van der Waals surface area contributed by atoms with Crippen molar-refractivity contribution in [3.63, 3.8) is 0 Å². The van der Waals surface area contributed by atoms with Gasteiger partial charge in [-0.3, -0.25) is 0 Å². The maximum atomic E-state index is 6.05. The van der Waals surface area contributed by atoms with Crippen molar-refractivity contribution in [2.24, 2.45) is 11.5 Å². The van der Waals surface area contributed by atoms with Gasteiger partial charge < -0.3 is 16.2 Å². The van der Waals surface area contributed by atoms with Gasteiger partial charge in [0.05, 0.1) is 6.10 Å². The molecule has 18 heavy (non-hydrogen) atoms. The summed E-state index contributed by atoms with van der Waals surface area (Å²) in [6.07, 6.45) is 8.05. The van der Waals surface area contributed by atoms with Gasteiger partial charge >= 0.3 is 0 Å². The minimum Gasteiger partial charge on any atom is -0.363 e. The number of benzene rings is 1. The van der Waals surface area contributed by atoms with Gasteiger partial charge in [0, 0.05) is 0 Å². The maximum absolute atomic E-state index is 6.05. The minimum atomic E-state index is -0.934. The van der Waals surface area contributed by atoms with Crippen LogP contribution in [0.5, 0.6) is 0 Å². The van der Waals surface area contributed by atoms with Crippen LogP contribution >= 0.6 is 0 Å². The van der Waals surface area contributed by atoms with Crippen molar-refractivity contribution in [3.8, 4) is 0 Å². The number of hydrogen-bond donors (Lipinski definition) is 2. The van der Waals surface area contributed by atoms with E-state index in [2.05, 4.69) is 19.1 Å². The summed E-state index contributed by atoms with van der Waals surface area (Å²) in [5.41, 5.74) is 12.3. The Kier molecular flexibility index (Phi) is 3.97. The molecule has 0 bridgehead atoms. The third-order valence-electron chi connectivity index (χ3n) is 3.13. The highest BCUT2D eigenvalue weighted by molar-refractivity contribution is 5.24. The van der Waals surface area contributed by atoms with E-state index in [-0.39, 0.29) is 12.2 Å². The van der Waals surface area contributed by atoms with Crippen molar-refractivity contribution in [2.45, 2.75) is 31.2 Å². The first-order valence-corrected chi connectivity index (χ1v) is 6.27. The van der Waals surface area contributed by atoms with Gasteiger partial charge in [0.1, 0.15) is 11.8 Å². The first kappa shape index (κ1) is 13.0. The summed E-state index contributed by atoms with van der Waals surface area (Å²) in [6, 6.07) is 10.1. The molecule has 0 saturated carbocycles. The molecule has 96 valence electrons. The first-order valence-electron chi connectivity index (χ1n) is 6.27. The van der Waals surface area contributed by atoms with Crippen LogP contribution in [-0.4, -0.2) is 11.8 Å². The summed E-state index contributed by atoms with van der Waals surface area (Å²) >= 11 is 0. The van der Waals surface area contributed by atoms with E-state index in [0.717, 1.165) is 12.0 Å². The van der Waals surface area contributed by atoms with E-state index in [1.165, 1.54) is 0 Å². The molecule has 0 amide bonds. The average molecular weight is 244 g/mol. The second-order valence-electron chi connectivity index (χ2n) is 4.61. The van der Waals surface area contributed by atoms with Gasteiger partial charge in [0.25, 0.3) is 0 Å². The number of rotatable bonds is 4. The number of allylic oxidation sites excluding steroid dienone is 2. The molecule has 4 N–H and O–H groups in total. The molecule has 2 atom stereocenters. The van der Waals surface area contributed by atoms with Gasteiger partial charge in [-0.2, -0.15) is 0 Å². The Morgan fingerprint density at radius 3 is 2.56 bits per heavy atom. The van der Waals surface area contributed by atoms with Gasteiger partial charge in [0.15, 0.2) is 0 Å². The van der Waals surface area contributed by atoms with Crippen LogP contribution in [0.1, 0.15) is 25.0 Å². The summed E-state index contributed by atoms with van der Waals surface area (Å²) in [5, 5.41) is 0. The summed E-state index contributed by atoms with van der Waals surface area (Å²) in [7, 11) is 0. The number of ether oxygens (including phenoxy) is 1. The molecular formula is C15H20N2O. The second kappa shape index (κ2) is 5.48. The quantitative estimate of drug-likeness (QED) is 0.799. The Balaban J connectivity index is 2.12. The van der Waals surface area contributed by atoms with Crippen molar-refractivity contribution >= 4 is 0 Å². The molecule has 2 rings (SSSR count). The molecule has 1 aliphatic carbocycles. The van der Waals surface area contributed by atoms with Gasteiger partial charge in [-0.1, -0.05) is 55.5 Å². The first-order chi connectivity index (χ1) is 8.63. The van der Waals surface area contributed by atoms with Crippen molar-refractivity contribution in [1.82, 2.24) is 0 Å². The van der Waals surface area contributed by atoms with Crippen molar-refractivity contribution in [1.29, 1.82) is 0 Å². The standard InChI is InChI=1S/C15H20N2O/c1-2-13(12-8-4-3-5-9-12)18-14-10-6-7-11-15(14,16)17/h3-11,13-14H,2,16-17H2,1H3. The lowest BCUT2D eigenvalue weighted by molar-refractivity contribution is -0.0180. The zero-order valence-electron chi connectivity index (χ0n) is 10.6. The van der Waals surface area contributed by atoms with Gasteiger partial charge in [-0.25, -0.2) is 0 Å². The van der Waals surface area contributed by atoms with Crippen LogP contribution in [0.4, 0.5) is 0 Å². The SMILES string of the molecule is CCC(OC1C=CC=CC1(N)N)c1ccccc1. The molecular weight excluding hydrogens is 224 g/mol. The number of hydrogen-bond acceptors (Lipinski definition) is 3. The number of nitrogens with two attached hydrogens (primary N) is 2. The molecule has 1 aliphatic rings. The fraction of sp³-hybridized carbons (Fsp3) is 0.333. The minimum absolute atomic E-state index is 0.0128. The smallest absolute Gasteiger partial charge is 0.114 e. The highest BCUT2D eigenvalue weighted by Gasteiger charge is 2.30. The van der Waals surface area contributed by atoms with E-state index in [4.69, 9.17) is 16.2 Å². The van der Waals surface area contributed by atoms with E-state index in [1.54, 1.807) is 6.08 Å². The van der Waals surface area contributed by atoms with Crippen molar-refractivity contribution in [3.05, 3.63) is 60.2 Å². The van der Waals surface area contributed by atoms with Crippen LogP contribution in [0.3, 0.4) is 0 Å². The molecule has 0 aromatic heterocycles. The van der Waals surface area contributed by atoms with Crippen LogP contribution in [-0.2, 0) is 4.74 Å². The van der Waals surface area contributed by atoms with Crippen LogP contribution in [0.25, 0.3) is 0 Å². The second-order valence-corrected chi connectivity index (χ2v) is 4.61. The Bertz CT molecular complexity index is 437. The fourth-order valence-corrected chi connectivity index (χ4v) is 2.07. The Morgan fingerprint density at radius 2 is 1.94 bits per heavy atom. The summed E-state index contributed by atoms with van der Waals surface area (Å²) < 4.78 is 6.05. The van der Waals surface area contributed by atoms with Crippen LogP contribution in [0, 0.1) is 0 Å². The van der Waals surface area contributed by atoms with Gasteiger partial charge in [-0.15, -0.1) is 0 Å². The van der Waals surface area contributed by atoms with E-state index >= 15 is 0 Å². The topological polar surface area (TPSA) is 61.3 Å². The average Bonchev–Trinajstić information content (AvgIpc) is 2.38. The van der Waals surface area contributed by atoms with Crippen LogP contribution in [0.15, 0.2) is 54.6 Å². The van der Waals surface area contributed by atoms with Crippen LogP contribution in [0.2, 0.25) is 0 Å². The van der Waals surface area contributed by atoms with Gasteiger partial charge in [0.2, 0.25) is 0 Å². The molecule has 2 unspecified atom stereocenters. The summed E-state index contributed by atoms with van der Waals surface area (Å²) in [6.45, 7) is 2.09. The largest absolute Gasteiger partial charge is 0.363 e. The van der Waals surface area contributed by atoms with E-state index in [1.807, 2.05) is 36.4 Å². The lowest BCUT2D eigenvalue weighted by Crippen LogP contribution is -2.58. The molecule has 1 aromatic carbocycles. The monoisotopic (exact) mass is 244 g/mol. The molecule has 1 aromatic rings. The third-order valence-corrected chi connectivity index (χ3v) is 3.13. The zero-order chi connectivity index (χ0) is 13.0. The van der Waals surface area contributed by atoms with Gasteiger partial charge in [-0.05, 0) is 18.1 Å². The predicted molar refractivity (Wildman–Crippen MR) is 73.7 cm³/mol. The molecule has 0 spiro atoms. The van der Waals surface area contributed by atoms with E-state index in [0.29, 0.717) is 0 Å². The molecule has 0 aliphatic heterocycles. The van der Waals surface area contributed by atoms with E-state index in [9.17, 15) is 0 Å². The van der Waals surface area contributed by atoms with E-state index < -0.39 is 5.66 Å². The molecule has 0 heterocycles. The van der Waals surface area contributed by atoms with Crippen molar-refractivity contribution in [2.75, 3.05) is 0 Å². The lowest BCUT2D eigenvalue weighted by atomic mass is 9.98. The zero-order valence-corrected chi connectivity index (χ0v) is 10.6. The highest BCUT2D eigenvalue weighted by atomic mass is 16.5. The van der Waals surface area contributed by atoms with Crippen LogP contribution < -0.4 is 11.5 Å². The molecule has 0 radical (unpaired) electrons. The Morgan fingerprint density at radius 1 is 1.22 bits per heavy atom. The maximum Gasteiger partial charge on any atom is 0.114 e. The van der Waals surface area contributed by atoms with Crippen molar-refractivity contribution < 1.29 is 4.74 Å². The Labute approximate surface area is 108 Å². The summed E-state index contributed by atoms with van der Waals surface area (Å²) in [5.74, 6) is 0. The lowest BCUT2D eigenvalue weighted by Gasteiger charge is -2.33.